The zero-order valence-electron chi connectivity index (χ0n) is 5.54. The van der Waals surface area contributed by atoms with Gasteiger partial charge in [0.2, 0.25) is 0 Å². The molecule has 9 radical (unpaired) electrons. The Labute approximate surface area is 76.8 Å². The summed E-state index contributed by atoms with van der Waals surface area (Å²) in [5.41, 5.74) is 0. The van der Waals surface area contributed by atoms with Crippen molar-refractivity contribution in [1.29, 1.82) is 0 Å². The van der Waals surface area contributed by atoms with Crippen molar-refractivity contribution in [2.24, 2.45) is 0 Å². The van der Waals surface area contributed by atoms with E-state index in [0.29, 0.717) is 0 Å². The summed E-state index contributed by atoms with van der Waals surface area (Å²) in [5.74, 6) is 0. The van der Waals surface area contributed by atoms with E-state index < -0.39 is 9.28 Å². The molecule has 10 heteroatoms. The van der Waals surface area contributed by atoms with Crippen LogP contribution in [0.2, 0.25) is 6.55 Å². The number of hydrogen-bond acceptors (Lipinski definition) is 5. The van der Waals surface area contributed by atoms with Gasteiger partial charge in [-0.15, -0.1) is 0 Å². The minimum Gasteiger partial charge on any atom is -0.413 e. The lowest BCUT2D eigenvalue weighted by molar-refractivity contribution is 0.336. The number of hydrogen-bond donors (Lipinski definition) is 0. The average molecular weight is 235 g/mol. The van der Waals surface area contributed by atoms with Crippen molar-refractivity contribution in [2.45, 2.75) is 6.55 Å². The molecule has 0 amide bonds. The molecule has 0 aromatic carbocycles. The van der Waals surface area contributed by atoms with E-state index in [1.165, 1.54) is 0 Å². The van der Waals surface area contributed by atoms with Crippen LogP contribution in [-0.2, 0) is 20.6 Å². The summed E-state index contributed by atoms with van der Waals surface area (Å²) in [5, 5.41) is 0. The number of rotatable bonds is 0. The molecular weight excluding hydrogens is 232 g/mol. The van der Waals surface area contributed by atoms with Crippen molar-refractivity contribution in [3.63, 3.8) is 0 Å². The predicted molar refractivity (Wildman–Crippen MR) is 40.1 cm³/mol. The fourth-order valence-corrected chi connectivity index (χ4v) is 4.33. The molecule has 5 nitrogen and oxygen atoms in total. The van der Waals surface area contributed by atoms with Crippen molar-refractivity contribution in [2.75, 3.05) is 0 Å². The van der Waals surface area contributed by atoms with Crippen LogP contribution in [0.4, 0.5) is 0 Å². The van der Waals surface area contributed by atoms with Gasteiger partial charge in [0.15, 0.2) is 0 Å². The summed E-state index contributed by atoms with van der Waals surface area (Å²) >= 11 is 0. The molecule has 1 rings (SSSR count). The second-order valence-corrected chi connectivity index (χ2v) is 7.07. The summed E-state index contributed by atoms with van der Waals surface area (Å²) in [4.78, 5) is 0. The summed E-state index contributed by atoms with van der Waals surface area (Å²) in [6.07, 6.45) is 0. The molecule has 0 bridgehead atoms. The molecule has 1 aliphatic heterocycles. The van der Waals surface area contributed by atoms with Gasteiger partial charge in [0.1, 0.15) is 0 Å². The largest absolute Gasteiger partial charge is 0.413 e. The Hall–Kier alpha value is 0.884. The fraction of sp³-hybridized carbons (Fsp3) is 1.00. The van der Waals surface area contributed by atoms with E-state index in [-0.39, 0.29) is 40.0 Å². The molecule has 0 saturated carbocycles. The fourth-order valence-electron chi connectivity index (χ4n) is 0.273. The Morgan fingerprint density at radius 3 is 1.82 bits per heavy atom. The molecular formula is CH3O5Si5. The molecule has 1 saturated heterocycles. The molecule has 0 N–H and O–H groups in total. The highest BCUT2D eigenvalue weighted by Gasteiger charge is 2.13. The van der Waals surface area contributed by atoms with Gasteiger partial charge in [-0.1, -0.05) is 0 Å². The van der Waals surface area contributed by atoms with Crippen LogP contribution in [0.25, 0.3) is 0 Å². The Kier molecular flexibility index (Phi) is 5.81. The zero-order valence-corrected chi connectivity index (χ0v) is 10.5. The van der Waals surface area contributed by atoms with E-state index in [9.17, 15) is 0 Å². The monoisotopic (exact) mass is 235 g/mol. The van der Waals surface area contributed by atoms with Crippen LogP contribution in [0.1, 0.15) is 0 Å². The molecule has 0 spiro atoms. The Balaban J connectivity index is 2.12. The molecule has 0 aliphatic carbocycles. The van der Waals surface area contributed by atoms with Gasteiger partial charge in [-0.3, -0.25) is 0 Å². The molecule has 1 heterocycles. The third-order valence-corrected chi connectivity index (χ3v) is 5.59. The van der Waals surface area contributed by atoms with Crippen molar-refractivity contribution in [3.8, 4) is 0 Å². The van der Waals surface area contributed by atoms with E-state index in [4.69, 9.17) is 20.6 Å². The second kappa shape index (κ2) is 6.41. The molecule has 0 unspecified atom stereocenters. The molecule has 57 valence electrons. The topological polar surface area (TPSA) is 46.2 Å². The van der Waals surface area contributed by atoms with Crippen LogP contribution in [0, 0.1) is 0 Å². The van der Waals surface area contributed by atoms with Gasteiger partial charge in [0, 0.05) is 0 Å². The Morgan fingerprint density at radius 1 is 0.818 bits per heavy atom. The first-order valence-corrected chi connectivity index (χ1v) is 7.62. The van der Waals surface area contributed by atoms with Gasteiger partial charge in [-0.25, -0.2) is 0 Å². The second-order valence-electron chi connectivity index (χ2n) is 1.34. The normalized spacial score (nSPS) is 24.8. The summed E-state index contributed by atoms with van der Waals surface area (Å²) < 4.78 is 25.2. The molecule has 11 heavy (non-hydrogen) atoms. The van der Waals surface area contributed by atoms with Gasteiger partial charge in [0.25, 0.3) is 0 Å². The maximum absolute atomic E-state index is 5.16. The first kappa shape index (κ1) is 9.97. The predicted octanol–water partition coefficient (Wildman–Crippen LogP) is -1.66. The van der Waals surface area contributed by atoms with Gasteiger partial charge in [0.05, 0.1) is 0 Å². The van der Waals surface area contributed by atoms with Crippen LogP contribution >= 0.6 is 0 Å². The summed E-state index contributed by atoms with van der Waals surface area (Å²) in [6.45, 7) is 1.89. The maximum Gasteiger partial charge on any atom is 0.412 e. The van der Waals surface area contributed by atoms with E-state index >= 15 is 0 Å². The lowest BCUT2D eigenvalue weighted by Gasteiger charge is -2.10. The molecule has 0 atom stereocenters. The maximum atomic E-state index is 5.16. The van der Waals surface area contributed by atoms with E-state index in [1.54, 1.807) is 0 Å². The third kappa shape index (κ3) is 5.18. The molecule has 0 aromatic rings. The highest BCUT2D eigenvalue weighted by molar-refractivity contribution is 6.58. The van der Waals surface area contributed by atoms with E-state index in [1.807, 2.05) is 6.55 Å². The smallest absolute Gasteiger partial charge is 0.412 e. The van der Waals surface area contributed by atoms with Crippen molar-refractivity contribution in [1.82, 2.24) is 0 Å². The van der Waals surface area contributed by atoms with Crippen LogP contribution in [-0.4, -0.2) is 49.3 Å². The SMILES string of the molecule is C[Si]1O[Si]O[Si]O[Si]O[Si]O1. The lowest BCUT2D eigenvalue weighted by atomic mass is 11.9. The third-order valence-electron chi connectivity index (χ3n) is 0.621. The first-order valence-electron chi connectivity index (χ1n) is 2.54. The van der Waals surface area contributed by atoms with Gasteiger partial charge in [-0.05, 0) is 6.55 Å². The molecule has 1 aliphatic rings. The van der Waals surface area contributed by atoms with Crippen LogP contribution < -0.4 is 0 Å². The molecule has 1 fully saturated rings. The minimum atomic E-state index is -1.16. The zero-order chi connectivity index (χ0) is 7.94. The quantitative estimate of drug-likeness (QED) is 0.470. The Bertz CT molecular complexity index is 90.9. The van der Waals surface area contributed by atoms with E-state index in [2.05, 4.69) is 0 Å². The van der Waals surface area contributed by atoms with Crippen molar-refractivity contribution in [3.05, 3.63) is 0 Å². The lowest BCUT2D eigenvalue weighted by Crippen LogP contribution is -2.29. The van der Waals surface area contributed by atoms with E-state index in [0.717, 1.165) is 0 Å². The summed E-state index contributed by atoms with van der Waals surface area (Å²) in [7, 11) is -1.09. The van der Waals surface area contributed by atoms with Gasteiger partial charge < -0.3 is 20.6 Å². The van der Waals surface area contributed by atoms with Gasteiger partial charge >= 0.3 is 49.3 Å². The Morgan fingerprint density at radius 2 is 1.27 bits per heavy atom. The van der Waals surface area contributed by atoms with Crippen LogP contribution in [0.5, 0.6) is 0 Å². The molecule has 0 aromatic heterocycles. The summed E-state index contributed by atoms with van der Waals surface area (Å²) in [6, 6.07) is 0. The van der Waals surface area contributed by atoms with Gasteiger partial charge in [-0.2, -0.15) is 0 Å². The highest BCUT2D eigenvalue weighted by Crippen LogP contribution is 1.88. The minimum absolute atomic E-state index is 0.0123. The van der Waals surface area contributed by atoms with Crippen molar-refractivity contribution >= 4 is 49.3 Å². The highest BCUT2D eigenvalue weighted by atomic mass is 28.4. The van der Waals surface area contributed by atoms with Crippen LogP contribution in [0.15, 0.2) is 0 Å². The first-order chi connectivity index (χ1) is 5.39. The van der Waals surface area contributed by atoms with Crippen LogP contribution in [0.3, 0.4) is 0 Å². The standard InChI is InChI=1S/CH3O5Si5/c1-11-5-9-3-7-2-8-4-10-6-11/h1H3. The average Bonchev–Trinajstić information content (AvgIpc) is 2.03. The van der Waals surface area contributed by atoms with Crippen molar-refractivity contribution < 1.29 is 20.6 Å².